The van der Waals surface area contributed by atoms with Crippen LogP contribution in [0.3, 0.4) is 0 Å². The van der Waals surface area contributed by atoms with Crippen LogP contribution in [0.15, 0.2) is 96.0 Å². The zero-order valence-electron chi connectivity index (χ0n) is 20.7. The maximum atomic E-state index is 13.3. The number of amides is 1. The lowest BCUT2D eigenvalue weighted by Gasteiger charge is -2.26. The van der Waals surface area contributed by atoms with Gasteiger partial charge in [0.25, 0.3) is 11.9 Å². The molecule has 1 amide bonds. The van der Waals surface area contributed by atoms with Crippen molar-refractivity contribution in [3.8, 4) is 5.75 Å². The van der Waals surface area contributed by atoms with Gasteiger partial charge in [0.05, 0.1) is 7.11 Å². The van der Waals surface area contributed by atoms with Crippen LogP contribution in [0.5, 0.6) is 5.75 Å². The van der Waals surface area contributed by atoms with Gasteiger partial charge in [0.2, 0.25) is 5.96 Å². The van der Waals surface area contributed by atoms with Crippen LogP contribution in [-0.4, -0.2) is 33.8 Å². The molecule has 1 N–H and O–H groups in total. The molecule has 0 atom stereocenters. The van der Waals surface area contributed by atoms with Crippen LogP contribution in [0.25, 0.3) is 0 Å². The lowest BCUT2D eigenvalue weighted by Crippen LogP contribution is -2.43. The molecule has 0 fully saturated rings. The summed E-state index contributed by atoms with van der Waals surface area (Å²) in [6.45, 7) is 4.86. The number of aryl methyl sites for hydroxylation is 2. The first kappa shape index (κ1) is 24.6. The highest BCUT2D eigenvalue weighted by Crippen LogP contribution is 2.16. The van der Waals surface area contributed by atoms with Crippen LogP contribution in [0.2, 0.25) is 0 Å². The highest BCUT2D eigenvalue weighted by Gasteiger charge is 2.18. The van der Waals surface area contributed by atoms with Crippen LogP contribution in [0.4, 0.5) is 5.95 Å². The predicted molar refractivity (Wildman–Crippen MR) is 141 cm³/mol. The number of carbonyl (C=O) groups excluding carboxylic acids is 1. The molecule has 0 unspecified atom stereocenters. The highest BCUT2D eigenvalue weighted by molar-refractivity contribution is 6.06. The van der Waals surface area contributed by atoms with Gasteiger partial charge in [-0.2, -0.15) is 4.99 Å². The maximum Gasteiger partial charge on any atom is 0.257 e. The smallest absolute Gasteiger partial charge is 0.257 e. The molecule has 0 saturated carbocycles. The Morgan fingerprint density at radius 3 is 1.86 bits per heavy atom. The summed E-state index contributed by atoms with van der Waals surface area (Å²) in [5.41, 5.74) is 4.27. The summed E-state index contributed by atoms with van der Waals surface area (Å²) in [6.07, 6.45) is 0. The van der Waals surface area contributed by atoms with E-state index in [-0.39, 0.29) is 5.91 Å². The second kappa shape index (κ2) is 11.8. The van der Waals surface area contributed by atoms with Crippen LogP contribution in [0, 0.1) is 13.8 Å². The molecule has 0 aliphatic rings. The van der Waals surface area contributed by atoms with Crippen LogP contribution < -0.4 is 10.1 Å². The number of hydrogen-bond acceptors (Lipinski definition) is 5. The minimum atomic E-state index is -0.285. The standard InChI is InChI=1S/C29H29N5O2/c1-21-18-22(2)31-28(30-21)33-29(32-27(35)25-14-16-26(36-3)17-15-25)34(19-23-10-6-4-7-11-23)20-24-12-8-5-9-13-24/h4-18H,19-20H2,1-3H3,(H,30,31,32,33,35). The van der Waals surface area contributed by atoms with E-state index < -0.39 is 0 Å². The summed E-state index contributed by atoms with van der Waals surface area (Å²) in [5.74, 6) is 1.06. The third-order valence-electron chi connectivity index (χ3n) is 5.49. The average molecular weight is 480 g/mol. The minimum absolute atomic E-state index is 0.285. The molecule has 7 nitrogen and oxygen atoms in total. The molecule has 7 heteroatoms. The van der Waals surface area contributed by atoms with Crippen LogP contribution in [-0.2, 0) is 13.1 Å². The molecule has 0 saturated heterocycles. The van der Waals surface area contributed by atoms with Crippen molar-refractivity contribution in [3.05, 3.63) is 119 Å². The molecule has 182 valence electrons. The number of hydrogen-bond donors (Lipinski definition) is 1. The van der Waals surface area contributed by atoms with Gasteiger partial charge in [-0.3, -0.25) is 10.1 Å². The molecular formula is C29H29N5O2. The Morgan fingerprint density at radius 1 is 0.833 bits per heavy atom. The minimum Gasteiger partial charge on any atom is -0.497 e. The molecular weight excluding hydrogens is 450 g/mol. The van der Waals surface area contributed by atoms with E-state index in [4.69, 9.17) is 9.73 Å². The third-order valence-corrected chi connectivity index (χ3v) is 5.49. The fraction of sp³-hybridized carbons (Fsp3) is 0.172. The first-order chi connectivity index (χ1) is 17.5. The van der Waals surface area contributed by atoms with E-state index in [1.54, 1.807) is 31.4 Å². The summed E-state index contributed by atoms with van der Waals surface area (Å²) in [4.78, 5) is 29.0. The molecule has 36 heavy (non-hydrogen) atoms. The molecule has 1 heterocycles. The fourth-order valence-electron chi connectivity index (χ4n) is 3.76. The lowest BCUT2D eigenvalue weighted by atomic mass is 10.1. The zero-order valence-corrected chi connectivity index (χ0v) is 20.7. The number of aromatic nitrogens is 2. The number of rotatable bonds is 7. The van der Waals surface area contributed by atoms with E-state index in [0.717, 1.165) is 22.5 Å². The van der Waals surface area contributed by atoms with Gasteiger partial charge in [-0.15, -0.1) is 0 Å². The second-order valence-corrected chi connectivity index (χ2v) is 8.40. The molecule has 4 rings (SSSR count). The first-order valence-corrected chi connectivity index (χ1v) is 11.7. The van der Waals surface area contributed by atoms with Gasteiger partial charge >= 0.3 is 0 Å². The third kappa shape index (κ3) is 6.76. The summed E-state index contributed by atoms with van der Waals surface area (Å²) in [5, 5.41) is 3.01. The highest BCUT2D eigenvalue weighted by atomic mass is 16.5. The number of benzene rings is 3. The Morgan fingerprint density at radius 2 is 1.36 bits per heavy atom. The van der Waals surface area contributed by atoms with Crippen molar-refractivity contribution in [1.29, 1.82) is 0 Å². The number of aliphatic imine (C=N–C) groups is 1. The largest absolute Gasteiger partial charge is 0.497 e. The van der Waals surface area contributed by atoms with E-state index in [1.807, 2.05) is 85.5 Å². The van der Waals surface area contributed by atoms with Gasteiger partial charge < -0.3 is 9.64 Å². The van der Waals surface area contributed by atoms with Crippen molar-refractivity contribution in [3.63, 3.8) is 0 Å². The van der Waals surface area contributed by atoms with Gasteiger partial charge in [0.15, 0.2) is 0 Å². The van der Waals surface area contributed by atoms with Gasteiger partial charge in [0.1, 0.15) is 5.75 Å². The van der Waals surface area contributed by atoms with Crippen LogP contribution >= 0.6 is 0 Å². The monoisotopic (exact) mass is 479 g/mol. The van der Waals surface area contributed by atoms with E-state index in [0.29, 0.717) is 36.3 Å². The molecule has 0 aliphatic heterocycles. The number of carbonyl (C=O) groups is 1. The average Bonchev–Trinajstić information content (AvgIpc) is 2.88. The van der Waals surface area contributed by atoms with Crippen LogP contribution in [0.1, 0.15) is 32.9 Å². The first-order valence-electron chi connectivity index (χ1n) is 11.7. The Labute approximate surface area is 211 Å². The lowest BCUT2D eigenvalue weighted by molar-refractivity contribution is 0.0971. The van der Waals surface area contributed by atoms with Crippen molar-refractivity contribution in [2.24, 2.45) is 4.99 Å². The summed E-state index contributed by atoms with van der Waals surface area (Å²) < 4.78 is 5.22. The normalized spacial score (nSPS) is 11.1. The quantitative estimate of drug-likeness (QED) is 0.290. The van der Waals surface area contributed by atoms with Crippen molar-refractivity contribution >= 4 is 17.8 Å². The number of ether oxygens (including phenoxy) is 1. The van der Waals surface area contributed by atoms with Crippen molar-refractivity contribution in [2.45, 2.75) is 26.9 Å². The molecule has 0 radical (unpaired) electrons. The van der Waals surface area contributed by atoms with E-state index in [2.05, 4.69) is 15.3 Å². The van der Waals surface area contributed by atoms with Gasteiger partial charge in [-0.1, -0.05) is 60.7 Å². The van der Waals surface area contributed by atoms with Gasteiger partial charge in [-0.05, 0) is 55.3 Å². The second-order valence-electron chi connectivity index (χ2n) is 8.40. The molecule has 4 aromatic rings. The van der Waals surface area contributed by atoms with E-state index in [9.17, 15) is 4.79 Å². The number of nitrogens with zero attached hydrogens (tertiary/aromatic N) is 4. The van der Waals surface area contributed by atoms with Crippen molar-refractivity contribution < 1.29 is 9.53 Å². The number of nitrogens with one attached hydrogen (secondary N) is 1. The number of guanidine groups is 1. The molecule has 0 bridgehead atoms. The fourth-order valence-corrected chi connectivity index (χ4v) is 3.76. The summed E-state index contributed by atoms with van der Waals surface area (Å²) in [6, 6.07) is 29.0. The Balaban J connectivity index is 1.74. The Hall–Kier alpha value is -4.52. The SMILES string of the molecule is COc1ccc(C(=O)N/C(=N\c2nc(C)cc(C)n2)N(Cc2ccccc2)Cc2ccccc2)cc1. The predicted octanol–water partition coefficient (Wildman–Crippen LogP) is 5.22. The van der Waals surface area contributed by atoms with Gasteiger partial charge in [-0.25, -0.2) is 9.97 Å². The van der Waals surface area contributed by atoms with Gasteiger partial charge in [0, 0.05) is 30.0 Å². The molecule has 3 aromatic carbocycles. The van der Waals surface area contributed by atoms with Crippen molar-refractivity contribution in [1.82, 2.24) is 20.2 Å². The van der Waals surface area contributed by atoms with E-state index >= 15 is 0 Å². The molecule has 0 aliphatic carbocycles. The summed E-state index contributed by atoms with van der Waals surface area (Å²) >= 11 is 0. The summed E-state index contributed by atoms with van der Waals surface area (Å²) in [7, 11) is 1.59. The number of methoxy groups -OCH3 is 1. The Bertz CT molecular complexity index is 1260. The molecule has 1 aromatic heterocycles. The topological polar surface area (TPSA) is 79.7 Å². The zero-order chi connectivity index (χ0) is 25.3. The van der Waals surface area contributed by atoms with E-state index in [1.165, 1.54) is 0 Å². The Kier molecular flexibility index (Phi) is 8.03. The molecule has 0 spiro atoms. The van der Waals surface area contributed by atoms with Crippen molar-refractivity contribution in [2.75, 3.05) is 7.11 Å². The maximum absolute atomic E-state index is 13.3.